The third kappa shape index (κ3) is 7.20. The number of hydrogen-bond donors (Lipinski definition) is 3. The van der Waals surface area contributed by atoms with Crippen LogP contribution in [0, 0.1) is 5.41 Å². The maximum Gasteiger partial charge on any atom is 0.407 e. The van der Waals surface area contributed by atoms with Crippen molar-refractivity contribution in [1.29, 1.82) is 0 Å². The number of aldehydes is 1. The van der Waals surface area contributed by atoms with Crippen molar-refractivity contribution in [2.75, 3.05) is 32.5 Å². The molecule has 3 N–H and O–H groups in total. The average molecular weight is 608 g/mol. The summed E-state index contributed by atoms with van der Waals surface area (Å²) in [6.07, 6.45) is 3.52. The van der Waals surface area contributed by atoms with Crippen LogP contribution in [0.2, 0.25) is 0 Å². The summed E-state index contributed by atoms with van der Waals surface area (Å²) >= 11 is 0. The van der Waals surface area contributed by atoms with Gasteiger partial charge in [0.1, 0.15) is 17.6 Å². The highest BCUT2D eigenvalue weighted by molar-refractivity contribution is 5.99. The van der Waals surface area contributed by atoms with Crippen LogP contribution < -0.4 is 5.32 Å². The quantitative estimate of drug-likeness (QED) is 0.160. The van der Waals surface area contributed by atoms with E-state index < -0.39 is 6.09 Å². The maximum atomic E-state index is 12.2. The van der Waals surface area contributed by atoms with E-state index in [2.05, 4.69) is 15.3 Å². The summed E-state index contributed by atoms with van der Waals surface area (Å²) < 4.78 is 1.78. The Morgan fingerprint density at radius 3 is 2.44 bits per heavy atom. The van der Waals surface area contributed by atoms with Crippen LogP contribution in [0.1, 0.15) is 31.1 Å². The third-order valence-corrected chi connectivity index (χ3v) is 7.27. The second-order valence-electron chi connectivity index (χ2n) is 12.4. The van der Waals surface area contributed by atoms with E-state index in [1.165, 1.54) is 9.80 Å². The second kappa shape index (κ2) is 12.7. The molecule has 2 aromatic carbocycles. The van der Waals surface area contributed by atoms with Gasteiger partial charge >= 0.3 is 12.1 Å². The molecule has 11 nitrogen and oxygen atoms in total. The van der Waals surface area contributed by atoms with Gasteiger partial charge in [0, 0.05) is 73.0 Å². The van der Waals surface area contributed by atoms with Crippen LogP contribution in [0.4, 0.5) is 15.3 Å². The first-order valence-electron chi connectivity index (χ1n) is 14.6. The van der Waals surface area contributed by atoms with Crippen LogP contribution in [-0.4, -0.2) is 80.3 Å². The Labute approximate surface area is 261 Å². The number of aromatic amines is 1. The zero-order chi connectivity index (χ0) is 32.3. The summed E-state index contributed by atoms with van der Waals surface area (Å²) in [5, 5.41) is 18.5. The van der Waals surface area contributed by atoms with Crippen molar-refractivity contribution in [1.82, 2.24) is 29.5 Å². The topological polar surface area (TPSA) is 136 Å². The number of benzene rings is 2. The van der Waals surface area contributed by atoms with Crippen LogP contribution in [0.3, 0.4) is 0 Å². The Morgan fingerprint density at radius 2 is 1.78 bits per heavy atom. The molecule has 45 heavy (non-hydrogen) atoms. The van der Waals surface area contributed by atoms with Gasteiger partial charge in [-0.1, -0.05) is 51.1 Å². The average Bonchev–Trinajstić information content (AvgIpc) is 3.64. The van der Waals surface area contributed by atoms with Gasteiger partial charge in [0.25, 0.3) is 0 Å². The number of hydrogen-bond acceptors (Lipinski definition) is 5. The lowest BCUT2D eigenvalue weighted by Crippen LogP contribution is -2.38. The Kier molecular flexibility index (Phi) is 8.71. The molecule has 0 spiro atoms. The first-order valence-corrected chi connectivity index (χ1v) is 14.6. The molecule has 0 fully saturated rings. The van der Waals surface area contributed by atoms with Gasteiger partial charge < -0.3 is 25.2 Å². The molecule has 232 valence electrons. The van der Waals surface area contributed by atoms with E-state index in [4.69, 9.17) is 5.10 Å². The van der Waals surface area contributed by atoms with Gasteiger partial charge in [-0.3, -0.25) is 9.48 Å². The summed E-state index contributed by atoms with van der Waals surface area (Å²) in [5.41, 5.74) is 6.68. The number of carbonyl (C=O) groups excluding carboxylic acids is 2. The zero-order valence-electron chi connectivity index (χ0n) is 26.0. The van der Waals surface area contributed by atoms with Crippen LogP contribution in [0.25, 0.3) is 44.7 Å². The molecule has 0 saturated heterocycles. The van der Waals surface area contributed by atoms with Gasteiger partial charge in [0.2, 0.25) is 0 Å². The molecule has 5 rings (SSSR count). The third-order valence-electron chi connectivity index (χ3n) is 7.27. The van der Waals surface area contributed by atoms with Crippen LogP contribution in [0.15, 0.2) is 73.1 Å². The lowest BCUT2D eigenvalue weighted by Gasteiger charge is -2.27. The molecule has 0 unspecified atom stereocenters. The van der Waals surface area contributed by atoms with E-state index in [9.17, 15) is 19.5 Å². The Balaban J connectivity index is 1.56. The lowest BCUT2D eigenvalue weighted by atomic mass is 9.96. The number of fused-ring (bicyclic) bond motifs is 1. The summed E-state index contributed by atoms with van der Waals surface area (Å²) in [5.74, 6) is 0. The normalized spacial score (nSPS) is 11.4. The summed E-state index contributed by atoms with van der Waals surface area (Å²) in [7, 11) is 3.35. The Morgan fingerprint density at radius 1 is 1.02 bits per heavy atom. The lowest BCUT2D eigenvalue weighted by molar-refractivity contribution is 0.112. The minimum Gasteiger partial charge on any atom is -0.465 e. The minimum absolute atomic E-state index is 0.192. The number of anilines is 1. The van der Waals surface area contributed by atoms with Crippen molar-refractivity contribution in [2.24, 2.45) is 5.41 Å². The SMILES string of the molecule is CN(C)C(=O)Nc1ccc(-c2nn(CCN(CC(C)(C)C)C(=O)O)cc2-c2ccnc3[nH]c(-c4cccc(C=O)c4)cc23)cc1. The summed E-state index contributed by atoms with van der Waals surface area (Å²) in [6.45, 7) is 7.05. The predicted octanol–water partition coefficient (Wildman–Crippen LogP) is 6.69. The molecule has 3 aromatic heterocycles. The number of urea groups is 1. The van der Waals surface area contributed by atoms with Crippen molar-refractivity contribution in [3.63, 3.8) is 0 Å². The van der Waals surface area contributed by atoms with E-state index in [0.717, 1.165) is 39.6 Å². The van der Waals surface area contributed by atoms with Gasteiger partial charge in [0.05, 0.1) is 6.54 Å². The number of pyridine rings is 1. The molecule has 5 aromatic rings. The monoisotopic (exact) mass is 607 g/mol. The summed E-state index contributed by atoms with van der Waals surface area (Å²) in [6, 6.07) is 18.5. The number of nitrogens with one attached hydrogen (secondary N) is 2. The fourth-order valence-corrected chi connectivity index (χ4v) is 5.13. The Bertz CT molecular complexity index is 1850. The molecule has 0 atom stereocenters. The molecule has 3 amide bonds. The van der Waals surface area contributed by atoms with Crippen LogP contribution in [-0.2, 0) is 6.54 Å². The smallest absolute Gasteiger partial charge is 0.407 e. The standard InChI is InChI=1S/C34H37N7O4/c1-34(2,3)21-40(33(44)45)15-16-41-19-28(30(38-41)23-9-11-25(12-10-23)36-32(43)39(4)5)26-13-14-35-31-27(26)18-29(37-31)24-8-6-7-22(17-24)20-42/h6-14,17-20H,15-16,21H2,1-5H3,(H,35,37)(H,36,43)(H,44,45). The number of carbonyl (C=O) groups is 3. The first-order chi connectivity index (χ1) is 21.4. The van der Waals surface area contributed by atoms with Crippen molar-refractivity contribution < 1.29 is 19.5 Å². The van der Waals surface area contributed by atoms with Gasteiger partial charge in [-0.05, 0) is 46.9 Å². The fraction of sp³-hybridized carbons (Fsp3) is 0.265. The number of carboxylic acid groups (broad SMARTS) is 1. The van der Waals surface area contributed by atoms with Crippen molar-refractivity contribution in [3.05, 3.63) is 78.6 Å². The molecule has 11 heteroatoms. The largest absolute Gasteiger partial charge is 0.465 e. The molecule has 0 aliphatic heterocycles. The second-order valence-corrected chi connectivity index (χ2v) is 12.4. The van der Waals surface area contributed by atoms with E-state index >= 15 is 0 Å². The van der Waals surface area contributed by atoms with Gasteiger partial charge in [-0.2, -0.15) is 5.10 Å². The van der Waals surface area contributed by atoms with Gasteiger partial charge in [0.15, 0.2) is 0 Å². The number of aromatic nitrogens is 4. The van der Waals surface area contributed by atoms with Crippen LogP contribution in [0.5, 0.6) is 0 Å². The fourth-order valence-electron chi connectivity index (χ4n) is 5.13. The molecule has 0 saturated carbocycles. The molecule has 3 heterocycles. The van der Waals surface area contributed by atoms with E-state index in [-0.39, 0.29) is 18.0 Å². The molecule has 0 radical (unpaired) electrons. The Hall–Kier alpha value is -5.45. The molecular weight excluding hydrogens is 570 g/mol. The number of nitrogens with zero attached hydrogens (tertiary/aromatic N) is 5. The predicted molar refractivity (Wildman–Crippen MR) is 175 cm³/mol. The van der Waals surface area contributed by atoms with Crippen molar-refractivity contribution in [2.45, 2.75) is 27.3 Å². The highest BCUT2D eigenvalue weighted by Crippen LogP contribution is 2.37. The van der Waals surface area contributed by atoms with Crippen LogP contribution >= 0.6 is 0 Å². The highest BCUT2D eigenvalue weighted by Gasteiger charge is 2.22. The van der Waals surface area contributed by atoms with Crippen molar-refractivity contribution >= 4 is 35.1 Å². The highest BCUT2D eigenvalue weighted by atomic mass is 16.4. The molecule has 0 bridgehead atoms. The number of amides is 3. The minimum atomic E-state index is -0.970. The zero-order valence-corrected chi connectivity index (χ0v) is 26.0. The number of H-pyrrole nitrogens is 1. The number of rotatable bonds is 9. The van der Waals surface area contributed by atoms with E-state index in [1.807, 2.05) is 81.6 Å². The molecular formula is C34H37N7O4. The molecule has 0 aliphatic rings. The van der Waals surface area contributed by atoms with E-state index in [0.29, 0.717) is 35.7 Å². The van der Waals surface area contributed by atoms with Crippen molar-refractivity contribution in [3.8, 4) is 33.6 Å². The summed E-state index contributed by atoms with van der Waals surface area (Å²) in [4.78, 5) is 46.4. The van der Waals surface area contributed by atoms with Gasteiger partial charge in [-0.15, -0.1) is 0 Å². The van der Waals surface area contributed by atoms with E-state index in [1.54, 1.807) is 31.0 Å². The maximum absolute atomic E-state index is 12.2. The first kappa shape index (κ1) is 31.0. The van der Waals surface area contributed by atoms with Gasteiger partial charge in [-0.25, -0.2) is 14.6 Å². The molecule has 0 aliphatic carbocycles.